The third-order valence-corrected chi connectivity index (χ3v) is 3.03. The van der Waals surface area contributed by atoms with Gasteiger partial charge in [0.25, 0.3) is 0 Å². The number of hydrogen-bond donors (Lipinski definition) is 1. The summed E-state index contributed by atoms with van der Waals surface area (Å²) >= 11 is 0. The minimum absolute atomic E-state index is 0.240. The summed E-state index contributed by atoms with van der Waals surface area (Å²) in [6, 6.07) is 6.70. The van der Waals surface area contributed by atoms with Crippen LogP contribution in [0.15, 0.2) is 18.2 Å². The molecule has 0 aliphatic carbocycles. The van der Waals surface area contributed by atoms with E-state index in [1.54, 1.807) is 0 Å². The fourth-order valence-corrected chi connectivity index (χ4v) is 1.97. The van der Waals surface area contributed by atoms with E-state index in [4.69, 9.17) is 4.74 Å². The number of benzene rings is 1. The molecule has 1 atom stereocenters. The zero-order valence-electron chi connectivity index (χ0n) is 9.71. The van der Waals surface area contributed by atoms with Gasteiger partial charge in [0.2, 0.25) is 0 Å². The highest BCUT2D eigenvalue weighted by Gasteiger charge is 2.19. The van der Waals surface area contributed by atoms with E-state index in [9.17, 15) is 0 Å². The normalized spacial score (nSPS) is 21.2. The molecule has 1 aliphatic rings. The van der Waals surface area contributed by atoms with Crippen LogP contribution in [0.1, 0.15) is 42.6 Å². The van der Waals surface area contributed by atoms with Crippen molar-refractivity contribution in [2.24, 2.45) is 0 Å². The largest absolute Gasteiger partial charge is 0.357 e. The van der Waals surface area contributed by atoms with Crippen molar-refractivity contribution in [3.05, 3.63) is 34.9 Å². The summed E-state index contributed by atoms with van der Waals surface area (Å²) in [5, 5.41) is 3.22. The molecule has 82 valence electrons. The van der Waals surface area contributed by atoms with Crippen molar-refractivity contribution >= 4 is 0 Å². The Hall–Kier alpha value is -0.860. The van der Waals surface area contributed by atoms with Gasteiger partial charge in [-0.25, -0.2) is 0 Å². The Morgan fingerprint density at radius 1 is 1.40 bits per heavy atom. The van der Waals surface area contributed by atoms with Crippen LogP contribution in [0.2, 0.25) is 0 Å². The summed E-state index contributed by atoms with van der Waals surface area (Å²) < 4.78 is 5.64. The molecule has 1 aliphatic heterocycles. The lowest BCUT2D eigenvalue weighted by Crippen LogP contribution is -2.09. The van der Waals surface area contributed by atoms with Gasteiger partial charge in [0.05, 0.1) is 12.8 Å². The Labute approximate surface area is 91.6 Å². The average Bonchev–Trinajstić information content (AvgIpc) is 2.71. The van der Waals surface area contributed by atoms with E-state index in [0.29, 0.717) is 12.6 Å². The zero-order valence-corrected chi connectivity index (χ0v) is 9.71. The molecule has 0 radical (unpaired) electrons. The predicted octanol–water partition coefficient (Wildman–Crippen LogP) is 2.74. The fraction of sp³-hybridized carbons (Fsp3) is 0.538. The van der Waals surface area contributed by atoms with Crippen molar-refractivity contribution in [1.29, 1.82) is 0 Å². The molecule has 2 nitrogen and oxygen atoms in total. The Balaban J connectivity index is 2.31. The molecule has 0 saturated carbocycles. The third-order valence-electron chi connectivity index (χ3n) is 3.03. The van der Waals surface area contributed by atoms with Crippen LogP contribution in [0.3, 0.4) is 0 Å². The number of rotatable bonds is 2. The second-order valence-electron chi connectivity index (χ2n) is 4.52. The summed E-state index contributed by atoms with van der Waals surface area (Å²) in [4.78, 5) is 0. The van der Waals surface area contributed by atoms with Gasteiger partial charge in [0, 0.05) is 6.54 Å². The molecule has 0 amide bonds. The van der Waals surface area contributed by atoms with Gasteiger partial charge in [-0.05, 0) is 29.5 Å². The smallest absolute Gasteiger partial charge is 0.0975 e. The van der Waals surface area contributed by atoms with E-state index in [1.807, 2.05) is 0 Å². The molecule has 1 aromatic carbocycles. The molecule has 0 spiro atoms. The lowest BCUT2D eigenvalue weighted by Gasteiger charge is -2.15. The lowest BCUT2D eigenvalue weighted by molar-refractivity contribution is 0.114. The molecule has 15 heavy (non-hydrogen) atoms. The first kappa shape index (κ1) is 10.7. The second-order valence-corrected chi connectivity index (χ2v) is 4.52. The highest BCUT2D eigenvalue weighted by Crippen LogP contribution is 2.26. The van der Waals surface area contributed by atoms with Gasteiger partial charge in [-0.15, -0.1) is 0 Å². The Bertz CT molecular complexity index is 340. The van der Waals surface area contributed by atoms with Crippen molar-refractivity contribution in [2.45, 2.75) is 32.8 Å². The van der Waals surface area contributed by atoms with Crippen LogP contribution in [0, 0.1) is 6.92 Å². The standard InChI is InChI=1S/C13H19NO/c1-9(2)11-5-4-10(3)12(6-11)13-7-14-8-15-13/h4-6,9,13-14H,7-8H2,1-3H3. The van der Waals surface area contributed by atoms with Gasteiger partial charge in [-0.1, -0.05) is 32.0 Å². The topological polar surface area (TPSA) is 21.3 Å². The molecular weight excluding hydrogens is 186 g/mol. The van der Waals surface area contributed by atoms with Crippen molar-refractivity contribution in [3.8, 4) is 0 Å². The SMILES string of the molecule is Cc1ccc(C(C)C)cc1C1CNCO1. The van der Waals surface area contributed by atoms with Gasteiger partial charge in [-0.2, -0.15) is 0 Å². The quantitative estimate of drug-likeness (QED) is 0.801. The molecule has 0 aromatic heterocycles. The maximum Gasteiger partial charge on any atom is 0.0975 e. The van der Waals surface area contributed by atoms with Gasteiger partial charge in [-0.3, -0.25) is 5.32 Å². The van der Waals surface area contributed by atoms with Crippen LogP contribution in [0.25, 0.3) is 0 Å². The van der Waals surface area contributed by atoms with Gasteiger partial charge < -0.3 is 4.74 Å². The molecule has 2 rings (SSSR count). The van der Waals surface area contributed by atoms with E-state index < -0.39 is 0 Å². The number of ether oxygens (including phenoxy) is 1. The summed E-state index contributed by atoms with van der Waals surface area (Å²) in [7, 11) is 0. The molecule has 1 saturated heterocycles. The number of nitrogens with one attached hydrogen (secondary N) is 1. The van der Waals surface area contributed by atoms with Crippen molar-refractivity contribution in [1.82, 2.24) is 5.32 Å². The van der Waals surface area contributed by atoms with Crippen molar-refractivity contribution < 1.29 is 4.74 Å². The van der Waals surface area contributed by atoms with Gasteiger partial charge >= 0.3 is 0 Å². The predicted molar refractivity (Wildman–Crippen MR) is 62.0 cm³/mol. The van der Waals surface area contributed by atoms with E-state index >= 15 is 0 Å². The molecule has 0 bridgehead atoms. The first-order valence-corrected chi connectivity index (χ1v) is 5.61. The highest BCUT2D eigenvalue weighted by molar-refractivity contribution is 5.34. The van der Waals surface area contributed by atoms with Crippen molar-refractivity contribution in [2.75, 3.05) is 13.3 Å². The monoisotopic (exact) mass is 205 g/mol. The van der Waals surface area contributed by atoms with Crippen LogP contribution in [0.5, 0.6) is 0 Å². The van der Waals surface area contributed by atoms with Gasteiger partial charge in [0.1, 0.15) is 0 Å². The lowest BCUT2D eigenvalue weighted by atomic mass is 9.95. The molecule has 1 heterocycles. The summed E-state index contributed by atoms with van der Waals surface area (Å²) in [5.41, 5.74) is 4.06. The Kier molecular flexibility index (Phi) is 3.08. The molecular formula is C13H19NO. The van der Waals surface area contributed by atoms with E-state index in [-0.39, 0.29) is 6.10 Å². The molecule has 1 fully saturated rings. The van der Waals surface area contributed by atoms with E-state index in [1.165, 1.54) is 16.7 Å². The summed E-state index contributed by atoms with van der Waals surface area (Å²) in [6.07, 6.45) is 0.240. The molecule has 1 N–H and O–H groups in total. The minimum atomic E-state index is 0.240. The number of aryl methyl sites for hydroxylation is 1. The van der Waals surface area contributed by atoms with Crippen LogP contribution in [-0.4, -0.2) is 13.3 Å². The highest BCUT2D eigenvalue weighted by atomic mass is 16.5. The molecule has 1 aromatic rings. The third kappa shape index (κ3) is 2.21. The Morgan fingerprint density at radius 2 is 2.20 bits per heavy atom. The summed E-state index contributed by atoms with van der Waals surface area (Å²) in [6.45, 7) is 8.21. The summed E-state index contributed by atoms with van der Waals surface area (Å²) in [5.74, 6) is 0.582. The van der Waals surface area contributed by atoms with Gasteiger partial charge in [0.15, 0.2) is 0 Å². The zero-order chi connectivity index (χ0) is 10.8. The van der Waals surface area contributed by atoms with Crippen LogP contribution >= 0.6 is 0 Å². The second kappa shape index (κ2) is 4.33. The Morgan fingerprint density at radius 3 is 2.80 bits per heavy atom. The van der Waals surface area contributed by atoms with Crippen LogP contribution < -0.4 is 5.32 Å². The van der Waals surface area contributed by atoms with Crippen molar-refractivity contribution in [3.63, 3.8) is 0 Å². The maximum absolute atomic E-state index is 5.64. The van der Waals surface area contributed by atoms with E-state index in [0.717, 1.165) is 6.54 Å². The fourth-order valence-electron chi connectivity index (χ4n) is 1.97. The average molecular weight is 205 g/mol. The van der Waals surface area contributed by atoms with Crippen LogP contribution in [-0.2, 0) is 4.74 Å². The molecule has 1 unspecified atom stereocenters. The van der Waals surface area contributed by atoms with Crippen LogP contribution in [0.4, 0.5) is 0 Å². The first-order chi connectivity index (χ1) is 7.18. The minimum Gasteiger partial charge on any atom is -0.357 e. The maximum atomic E-state index is 5.64. The molecule has 2 heteroatoms. The first-order valence-electron chi connectivity index (χ1n) is 5.61. The van der Waals surface area contributed by atoms with E-state index in [2.05, 4.69) is 44.3 Å². The number of hydrogen-bond acceptors (Lipinski definition) is 2.